The monoisotopic (exact) mass is 870 g/mol. The number of aliphatic hydroxyl groups excluding tert-OH is 4. The molecule has 7 N–H and O–H groups in total. The molecule has 0 amide bonds. The number of nitrogens with one attached hydrogen (secondary N) is 1. The van der Waals surface area contributed by atoms with Crippen LogP contribution in [0.25, 0.3) is 0 Å². The van der Waals surface area contributed by atoms with Crippen molar-refractivity contribution >= 4 is 17.3 Å². The molecule has 11 heteroatoms. The van der Waals surface area contributed by atoms with Gasteiger partial charge in [0.1, 0.15) is 11.5 Å². The summed E-state index contributed by atoms with van der Waals surface area (Å²) in [5.74, 6) is -7.75. The summed E-state index contributed by atoms with van der Waals surface area (Å²) in [6.45, 7) is 2.99. The van der Waals surface area contributed by atoms with Gasteiger partial charge in [0, 0.05) is 23.7 Å². The SMILES string of the molecule is CCCCCCCCCCCCCC=CC(O)C(CO)Nc1c(F)c(F)c(CC(CO)C(O)/C=C/CCCCCCCCCCCCC)c2c1C(=O)c1c(O)ccc(O)c1C2=O. The molecule has 2 aromatic rings. The van der Waals surface area contributed by atoms with Crippen LogP contribution in [0.15, 0.2) is 36.4 Å². The van der Waals surface area contributed by atoms with E-state index in [1.54, 1.807) is 12.2 Å². The van der Waals surface area contributed by atoms with Crippen molar-refractivity contribution in [1.82, 2.24) is 0 Å². The molecule has 0 saturated carbocycles. The van der Waals surface area contributed by atoms with Crippen molar-refractivity contribution in [3.63, 3.8) is 0 Å². The zero-order chi connectivity index (χ0) is 45.3. The smallest absolute Gasteiger partial charge is 0.200 e. The Bertz CT molecular complexity index is 1590. The molecular weight excluding hydrogens is 793 g/mol. The Morgan fingerprint density at radius 1 is 0.548 bits per heavy atom. The van der Waals surface area contributed by atoms with E-state index >= 15 is 8.78 Å². The number of carbonyl (C=O) groups excluding carboxylic acids is 2. The number of phenolic OH excluding ortho intramolecular Hbond substituents is 2. The van der Waals surface area contributed by atoms with Crippen LogP contribution in [-0.2, 0) is 6.42 Å². The number of rotatable bonds is 34. The molecule has 4 unspecified atom stereocenters. The third-order valence-electron chi connectivity index (χ3n) is 12.3. The van der Waals surface area contributed by atoms with E-state index in [1.165, 1.54) is 115 Å². The molecule has 1 aliphatic rings. The van der Waals surface area contributed by atoms with Crippen LogP contribution in [-0.4, -0.2) is 73.7 Å². The van der Waals surface area contributed by atoms with Gasteiger partial charge in [0.25, 0.3) is 0 Å². The predicted molar refractivity (Wildman–Crippen MR) is 244 cm³/mol. The lowest BCUT2D eigenvalue weighted by atomic mass is 9.77. The van der Waals surface area contributed by atoms with Crippen LogP contribution in [0.5, 0.6) is 11.5 Å². The van der Waals surface area contributed by atoms with E-state index in [9.17, 15) is 40.2 Å². The molecule has 0 heterocycles. The Morgan fingerprint density at radius 3 is 1.37 bits per heavy atom. The van der Waals surface area contributed by atoms with Crippen molar-refractivity contribution in [2.75, 3.05) is 18.5 Å². The maximum absolute atomic E-state index is 16.4. The minimum atomic E-state index is -1.59. The lowest BCUT2D eigenvalue weighted by Gasteiger charge is -2.29. The Kier molecular flexibility index (Phi) is 25.2. The largest absolute Gasteiger partial charge is 0.507 e. The minimum Gasteiger partial charge on any atom is -0.507 e. The predicted octanol–water partition coefficient (Wildman–Crippen LogP) is 11.3. The van der Waals surface area contributed by atoms with Gasteiger partial charge in [-0.15, -0.1) is 0 Å². The zero-order valence-corrected chi connectivity index (χ0v) is 37.6. The molecule has 4 atom stereocenters. The second-order valence-corrected chi connectivity index (χ2v) is 17.3. The number of ketones is 2. The first-order valence-electron chi connectivity index (χ1n) is 23.9. The number of unbranched alkanes of at least 4 members (excludes halogenated alkanes) is 22. The number of hydrogen-bond acceptors (Lipinski definition) is 9. The average molecular weight is 870 g/mol. The van der Waals surface area contributed by atoms with Crippen molar-refractivity contribution in [2.45, 2.75) is 193 Å². The summed E-state index contributed by atoms with van der Waals surface area (Å²) in [4.78, 5) is 28.3. The molecule has 62 heavy (non-hydrogen) atoms. The van der Waals surface area contributed by atoms with E-state index < -0.39 is 112 Å². The number of allylic oxidation sites excluding steroid dienone is 2. The lowest BCUT2D eigenvalue weighted by Crippen LogP contribution is -2.38. The van der Waals surface area contributed by atoms with E-state index in [0.29, 0.717) is 12.8 Å². The van der Waals surface area contributed by atoms with E-state index in [-0.39, 0.29) is 0 Å². The van der Waals surface area contributed by atoms with Crippen molar-refractivity contribution < 1.29 is 49.0 Å². The van der Waals surface area contributed by atoms with Crippen LogP contribution in [0.4, 0.5) is 14.5 Å². The fourth-order valence-corrected chi connectivity index (χ4v) is 8.43. The van der Waals surface area contributed by atoms with Gasteiger partial charge in [0.2, 0.25) is 5.78 Å². The van der Waals surface area contributed by atoms with Gasteiger partial charge in [-0.25, -0.2) is 8.78 Å². The van der Waals surface area contributed by atoms with E-state index in [4.69, 9.17) is 0 Å². The van der Waals surface area contributed by atoms with E-state index in [1.807, 2.05) is 0 Å². The van der Waals surface area contributed by atoms with Crippen LogP contribution >= 0.6 is 0 Å². The molecule has 0 fully saturated rings. The second-order valence-electron chi connectivity index (χ2n) is 17.3. The fourth-order valence-electron chi connectivity index (χ4n) is 8.43. The van der Waals surface area contributed by atoms with Crippen molar-refractivity contribution in [1.29, 1.82) is 0 Å². The summed E-state index contributed by atoms with van der Waals surface area (Å²) >= 11 is 0. The Balaban J connectivity index is 1.73. The van der Waals surface area contributed by atoms with Crippen LogP contribution in [0.3, 0.4) is 0 Å². The second kappa shape index (κ2) is 29.7. The first kappa shape index (κ1) is 52.7. The quantitative estimate of drug-likeness (QED) is 0.0176. The summed E-state index contributed by atoms with van der Waals surface area (Å²) in [7, 11) is 0. The first-order chi connectivity index (χ1) is 30.0. The molecule has 9 nitrogen and oxygen atoms in total. The van der Waals surface area contributed by atoms with Gasteiger partial charge in [0.05, 0.1) is 47.2 Å². The first-order valence-corrected chi connectivity index (χ1v) is 23.9. The van der Waals surface area contributed by atoms with Gasteiger partial charge in [0.15, 0.2) is 17.4 Å². The number of hydrogen-bond donors (Lipinski definition) is 7. The highest BCUT2D eigenvalue weighted by atomic mass is 19.2. The summed E-state index contributed by atoms with van der Waals surface area (Å²) in [5, 5.41) is 66.6. The molecule has 0 aromatic heterocycles. The van der Waals surface area contributed by atoms with E-state index in [0.717, 1.165) is 50.7 Å². The maximum atomic E-state index is 16.4. The Morgan fingerprint density at radius 2 is 0.952 bits per heavy atom. The Hall–Kier alpha value is -3.64. The maximum Gasteiger partial charge on any atom is 0.200 e. The number of halogens is 2. The van der Waals surface area contributed by atoms with Gasteiger partial charge >= 0.3 is 0 Å². The third-order valence-corrected chi connectivity index (χ3v) is 12.3. The van der Waals surface area contributed by atoms with Gasteiger partial charge in [-0.3, -0.25) is 9.59 Å². The number of fused-ring (bicyclic) bond motifs is 2. The molecule has 0 spiro atoms. The highest BCUT2D eigenvalue weighted by Crippen LogP contribution is 2.44. The van der Waals surface area contributed by atoms with Crippen LogP contribution in [0.1, 0.15) is 205 Å². The van der Waals surface area contributed by atoms with Crippen LogP contribution in [0.2, 0.25) is 0 Å². The number of aromatic hydroxyl groups is 2. The topological polar surface area (TPSA) is 168 Å². The number of aliphatic hydroxyl groups is 4. The number of benzene rings is 2. The van der Waals surface area contributed by atoms with Crippen LogP contribution in [0, 0.1) is 17.6 Å². The zero-order valence-electron chi connectivity index (χ0n) is 37.6. The summed E-state index contributed by atoms with van der Waals surface area (Å²) in [6.07, 6.45) is 30.7. The minimum absolute atomic E-state index is 0.562. The van der Waals surface area contributed by atoms with Gasteiger partial charge in [-0.05, 0) is 44.2 Å². The van der Waals surface area contributed by atoms with Crippen molar-refractivity contribution in [2.24, 2.45) is 5.92 Å². The lowest BCUT2D eigenvalue weighted by molar-refractivity contribution is 0.0953. The van der Waals surface area contributed by atoms with Crippen molar-refractivity contribution in [3.05, 3.63) is 75.9 Å². The molecule has 3 rings (SSSR count). The van der Waals surface area contributed by atoms with Crippen LogP contribution < -0.4 is 5.32 Å². The fraction of sp³-hybridized carbons (Fsp3) is 0.647. The van der Waals surface area contributed by atoms with Crippen molar-refractivity contribution in [3.8, 4) is 11.5 Å². The number of carbonyl (C=O) groups is 2. The highest BCUT2D eigenvalue weighted by molar-refractivity contribution is 6.32. The average Bonchev–Trinajstić information content (AvgIpc) is 3.26. The molecule has 0 radical (unpaired) electrons. The molecule has 0 aliphatic heterocycles. The van der Waals surface area contributed by atoms with Gasteiger partial charge in [-0.2, -0.15) is 0 Å². The molecule has 348 valence electrons. The molecule has 1 aliphatic carbocycles. The molecule has 0 saturated heterocycles. The molecule has 2 aromatic carbocycles. The molecule has 0 bridgehead atoms. The van der Waals surface area contributed by atoms with E-state index in [2.05, 4.69) is 19.2 Å². The molecular formula is C51H77F2NO8. The highest BCUT2D eigenvalue weighted by Gasteiger charge is 2.42. The van der Waals surface area contributed by atoms with Gasteiger partial charge in [-0.1, -0.05) is 167 Å². The summed E-state index contributed by atoms with van der Waals surface area (Å²) < 4.78 is 32.7. The Labute approximate surface area is 369 Å². The third kappa shape index (κ3) is 16.2. The standard InChI is InChI=1S/C51H77F2NO8/c1-3-5-7-9-11-13-15-17-19-21-23-25-27-29-39(57)36(34-55)33-37-43-46(51(62)45-42(60)32-31-41(59)44(45)50(43)61)49(48(53)47(37)52)54-38(35-56)40(58)30-28-26-24-22-20-18-16-14-12-10-8-6-4-2/h27-32,36,38-40,54-60H,3-26,33-35H2,1-2H3/b29-27+,30-28?. The normalized spacial score (nSPS) is 14.7. The van der Waals surface area contributed by atoms with Gasteiger partial charge < -0.3 is 36.0 Å². The summed E-state index contributed by atoms with van der Waals surface area (Å²) in [5.41, 5.74) is -3.89. The number of anilines is 1. The summed E-state index contributed by atoms with van der Waals surface area (Å²) in [6, 6.07) is 0.664. The number of phenols is 2.